The first-order valence-electron chi connectivity index (χ1n) is 10.9. The van der Waals surface area contributed by atoms with E-state index in [1.54, 1.807) is 12.4 Å². The average molecular weight is 419 g/mol. The SMILES string of the molecule is Cc1cccc2c(=O)n(CCC(=O)NCC(C)(C)N3CCc4ccccc4C3)cnc12. The Hall–Kier alpha value is -2.99. The van der Waals surface area contributed by atoms with E-state index in [1.807, 2.05) is 19.1 Å². The Kier molecular flexibility index (Phi) is 5.92. The predicted octanol–water partition coefficient (Wildman–Crippen LogP) is 3.05. The van der Waals surface area contributed by atoms with Crippen molar-refractivity contribution >= 4 is 16.8 Å². The van der Waals surface area contributed by atoms with Crippen LogP contribution in [0.4, 0.5) is 0 Å². The summed E-state index contributed by atoms with van der Waals surface area (Å²) in [5, 5.41) is 3.66. The van der Waals surface area contributed by atoms with Crippen molar-refractivity contribution in [3.63, 3.8) is 0 Å². The van der Waals surface area contributed by atoms with E-state index < -0.39 is 0 Å². The van der Waals surface area contributed by atoms with Gasteiger partial charge in [0.25, 0.3) is 5.56 Å². The molecule has 0 unspecified atom stereocenters. The van der Waals surface area contributed by atoms with Gasteiger partial charge in [0.2, 0.25) is 5.91 Å². The van der Waals surface area contributed by atoms with E-state index in [2.05, 4.69) is 53.3 Å². The summed E-state index contributed by atoms with van der Waals surface area (Å²) in [6.07, 6.45) is 2.82. The molecule has 31 heavy (non-hydrogen) atoms. The molecule has 0 saturated heterocycles. The van der Waals surface area contributed by atoms with Crippen LogP contribution < -0.4 is 10.9 Å². The Morgan fingerprint density at radius 3 is 2.71 bits per heavy atom. The van der Waals surface area contributed by atoms with Crippen LogP contribution in [-0.2, 0) is 24.3 Å². The number of benzene rings is 2. The summed E-state index contributed by atoms with van der Waals surface area (Å²) in [4.78, 5) is 32.0. The van der Waals surface area contributed by atoms with Gasteiger partial charge in [0, 0.05) is 38.1 Å². The van der Waals surface area contributed by atoms with E-state index in [0.717, 1.165) is 30.6 Å². The molecule has 2 aromatic carbocycles. The molecule has 0 spiro atoms. The summed E-state index contributed by atoms with van der Waals surface area (Å²) in [5.41, 5.74) is 4.23. The largest absolute Gasteiger partial charge is 0.354 e. The zero-order chi connectivity index (χ0) is 22.0. The van der Waals surface area contributed by atoms with Gasteiger partial charge >= 0.3 is 0 Å². The first-order chi connectivity index (χ1) is 14.8. The summed E-state index contributed by atoms with van der Waals surface area (Å²) in [5.74, 6) is -0.0540. The maximum atomic E-state index is 12.7. The number of rotatable bonds is 6. The van der Waals surface area contributed by atoms with Gasteiger partial charge in [0.15, 0.2) is 0 Å². The Balaban J connectivity index is 1.34. The highest BCUT2D eigenvalue weighted by atomic mass is 16.2. The number of hydrogen-bond acceptors (Lipinski definition) is 4. The third-order valence-corrected chi connectivity index (χ3v) is 6.34. The number of nitrogens with zero attached hydrogens (tertiary/aromatic N) is 3. The maximum Gasteiger partial charge on any atom is 0.261 e. The third-order valence-electron chi connectivity index (χ3n) is 6.34. The van der Waals surface area contributed by atoms with Crippen LogP contribution in [0.25, 0.3) is 10.9 Å². The molecular weight excluding hydrogens is 388 g/mol. The molecule has 6 nitrogen and oxygen atoms in total. The van der Waals surface area contributed by atoms with Crippen molar-refractivity contribution in [1.29, 1.82) is 0 Å². The number of aryl methyl sites for hydroxylation is 2. The fraction of sp³-hybridized carbons (Fsp3) is 0.400. The Bertz CT molecular complexity index is 1170. The number of amides is 1. The first kappa shape index (κ1) is 21.2. The van der Waals surface area contributed by atoms with Crippen molar-refractivity contribution in [2.75, 3.05) is 13.1 Å². The fourth-order valence-corrected chi connectivity index (χ4v) is 4.25. The number of hydrogen-bond donors (Lipinski definition) is 1. The monoisotopic (exact) mass is 418 g/mol. The summed E-state index contributed by atoms with van der Waals surface area (Å²) >= 11 is 0. The van der Waals surface area contributed by atoms with E-state index in [4.69, 9.17) is 0 Å². The lowest BCUT2D eigenvalue weighted by molar-refractivity contribution is -0.122. The Labute approximate surface area is 182 Å². The second-order valence-corrected chi connectivity index (χ2v) is 8.99. The van der Waals surface area contributed by atoms with Gasteiger partial charge in [-0.05, 0) is 49.9 Å². The number of carbonyl (C=O) groups is 1. The van der Waals surface area contributed by atoms with E-state index in [9.17, 15) is 9.59 Å². The highest BCUT2D eigenvalue weighted by molar-refractivity contribution is 5.80. The molecule has 1 amide bonds. The van der Waals surface area contributed by atoms with Crippen molar-refractivity contribution in [2.24, 2.45) is 0 Å². The van der Waals surface area contributed by atoms with Gasteiger partial charge < -0.3 is 5.32 Å². The summed E-state index contributed by atoms with van der Waals surface area (Å²) in [6, 6.07) is 14.2. The molecule has 162 valence electrons. The van der Waals surface area contributed by atoms with Gasteiger partial charge in [-0.2, -0.15) is 0 Å². The lowest BCUT2D eigenvalue weighted by Gasteiger charge is -2.41. The van der Waals surface area contributed by atoms with E-state index in [1.165, 1.54) is 15.7 Å². The summed E-state index contributed by atoms with van der Waals surface area (Å²) < 4.78 is 1.52. The molecule has 0 atom stereocenters. The summed E-state index contributed by atoms with van der Waals surface area (Å²) in [6.45, 7) is 9.04. The molecule has 1 aliphatic heterocycles. The van der Waals surface area contributed by atoms with Crippen LogP contribution in [0.1, 0.15) is 37.0 Å². The minimum absolute atomic E-state index is 0.0540. The lowest BCUT2D eigenvalue weighted by Crippen LogP contribution is -2.53. The number of nitrogens with one attached hydrogen (secondary N) is 1. The smallest absolute Gasteiger partial charge is 0.261 e. The molecule has 3 aromatic rings. The molecular formula is C25H30N4O2. The topological polar surface area (TPSA) is 67.2 Å². The third kappa shape index (κ3) is 4.54. The van der Waals surface area contributed by atoms with E-state index >= 15 is 0 Å². The zero-order valence-corrected chi connectivity index (χ0v) is 18.5. The molecule has 1 N–H and O–H groups in total. The maximum absolute atomic E-state index is 12.7. The van der Waals surface area contributed by atoms with Crippen LogP contribution in [-0.4, -0.2) is 39.0 Å². The lowest BCUT2D eigenvalue weighted by atomic mass is 9.94. The fourth-order valence-electron chi connectivity index (χ4n) is 4.25. The molecule has 1 aliphatic rings. The van der Waals surface area contributed by atoms with Crippen molar-refractivity contribution in [3.8, 4) is 0 Å². The molecule has 0 radical (unpaired) electrons. The molecule has 0 fully saturated rings. The standard InChI is InChI=1S/C25H30N4O2/c1-18-7-6-10-21-23(18)27-17-28(24(21)31)13-12-22(30)26-16-25(2,3)29-14-11-19-8-4-5-9-20(19)15-29/h4-10,17H,11-16H2,1-3H3,(H,26,30). The second kappa shape index (κ2) is 8.63. The van der Waals surface area contributed by atoms with Gasteiger partial charge in [0.1, 0.15) is 0 Å². The normalized spacial score (nSPS) is 14.4. The second-order valence-electron chi connectivity index (χ2n) is 8.99. The number of aromatic nitrogens is 2. The van der Waals surface area contributed by atoms with Crippen molar-refractivity contribution in [1.82, 2.24) is 19.8 Å². The zero-order valence-electron chi connectivity index (χ0n) is 18.5. The minimum atomic E-state index is -0.151. The Morgan fingerprint density at radius 2 is 1.90 bits per heavy atom. The van der Waals surface area contributed by atoms with Gasteiger partial charge in [-0.1, -0.05) is 36.4 Å². The van der Waals surface area contributed by atoms with Gasteiger partial charge in [-0.15, -0.1) is 0 Å². The molecule has 0 saturated carbocycles. The van der Waals surface area contributed by atoms with Crippen LogP contribution in [0.15, 0.2) is 53.6 Å². The number of carbonyl (C=O) groups excluding carboxylic acids is 1. The van der Waals surface area contributed by atoms with E-state index in [-0.39, 0.29) is 23.4 Å². The van der Waals surface area contributed by atoms with Crippen molar-refractivity contribution < 1.29 is 4.79 Å². The molecule has 4 rings (SSSR count). The highest BCUT2D eigenvalue weighted by Gasteiger charge is 2.30. The highest BCUT2D eigenvalue weighted by Crippen LogP contribution is 2.25. The van der Waals surface area contributed by atoms with Crippen molar-refractivity contribution in [3.05, 3.63) is 75.8 Å². The number of para-hydroxylation sites is 1. The molecule has 0 bridgehead atoms. The molecule has 1 aromatic heterocycles. The van der Waals surface area contributed by atoms with Crippen LogP contribution in [0.5, 0.6) is 0 Å². The van der Waals surface area contributed by atoms with Crippen molar-refractivity contribution in [2.45, 2.75) is 52.2 Å². The van der Waals surface area contributed by atoms with Crippen LogP contribution in [0.3, 0.4) is 0 Å². The molecule has 6 heteroatoms. The van der Waals surface area contributed by atoms with Crippen LogP contribution >= 0.6 is 0 Å². The quantitative estimate of drug-likeness (QED) is 0.668. The first-order valence-corrected chi connectivity index (χ1v) is 10.9. The van der Waals surface area contributed by atoms with Gasteiger partial charge in [-0.3, -0.25) is 19.1 Å². The number of fused-ring (bicyclic) bond motifs is 2. The van der Waals surface area contributed by atoms with Gasteiger partial charge in [-0.25, -0.2) is 4.98 Å². The Morgan fingerprint density at radius 1 is 1.13 bits per heavy atom. The van der Waals surface area contributed by atoms with Crippen LogP contribution in [0.2, 0.25) is 0 Å². The molecule has 0 aliphatic carbocycles. The predicted molar refractivity (Wildman–Crippen MR) is 123 cm³/mol. The minimum Gasteiger partial charge on any atom is -0.354 e. The summed E-state index contributed by atoms with van der Waals surface area (Å²) in [7, 11) is 0. The van der Waals surface area contributed by atoms with E-state index in [0.29, 0.717) is 18.5 Å². The van der Waals surface area contributed by atoms with Gasteiger partial charge in [0.05, 0.1) is 17.2 Å². The molecule has 2 heterocycles. The van der Waals surface area contributed by atoms with Crippen LogP contribution in [0, 0.1) is 6.92 Å². The average Bonchev–Trinajstić information content (AvgIpc) is 2.77.